The second-order valence-corrected chi connectivity index (χ2v) is 5.10. The molecule has 6 heteroatoms. The quantitative estimate of drug-likeness (QED) is 0.760. The average Bonchev–Trinajstić information content (AvgIpc) is 2.53. The summed E-state index contributed by atoms with van der Waals surface area (Å²) in [7, 11) is 0. The molecule has 0 spiro atoms. The first-order chi connectivity index (χ1) is 11.1. The van der Waals surface area contributed by atoms with E-state index in [9.17, 15) is 14.0 Å². The SMILES string of the molecule is O=C(O)CCCCn1cccc(OCc2ccccc2F)c1=O. The van der Waals surface area contributed by atoms with Gasteiger partial charge in [-0.15, -0.1) is 0 Å². The highest BCUT2D eigenvalue weighted by Gasteiger charge is 2.07. The number of nitrogens with zero attached hydrogens (tertiary/aromatic N) is 1. The van der Waals surface area contributed by atoms with Gasteiger partial charge in [0.15, 0.2) is 5.75 Å². The molecular formula is C17H18FNO4. The first-order valence-corrected chi connectivity index (χ1v) is 7.35. The van der Waals surface area contributed by atoms with Crippen molar-refractivity contribution in [3.63, 3.8) is 0 Å². The molecule has 5 nitrogen and oxygen atoms in total. The van der Waals surface area contributed by atoms with Gasteiger partial charge in [-0.25, -0.2) is 4.39 Å². The van der Waals surface area contributed by atoms with Crippen molar-refractivity contribution < 1.29 is 19.0 Å². The van der Waals surface area contributed by atoms with Crippen molar-refractivity contribution in [2.75, 3.05) is 0 Å². The molecule has 0 aliphatic heterocycles. The highest BCUT2D eigenvalue weighted by molar-refractivity contribution is 5.66. The number of aliphatic carboxylic acids is 1. The van der Waals surface area contributed by atoms with Crippen molar-refractivity contribution >= 4 is 5.97 Å². The lowest BCUT2D eigenvalue weighted by Crippen LogP contribution is -2.21. The lowest BCUT2D eigenvalue weighted by Gasteiger charge is -2.10. The van der Waals surface area contributed by atoms with Gasteiger partial charge in [0.2, 0.25) is 0 Å². The molecule has 1 aromatic heterocycles. The van der Waals surface area contributed by atoms with E-state index in [-0.39, 0.29) is 30.2 Å². The minimum Gasteiger partial charge on any atom is -0.483 e. The van der Waals surface area contributed by atoms with Crippen LogP contribution in [0.25, 0.3) is 0 Å². The zero-order valence-corrected chi connectivity index (χ0v) is 12.6. The number of hydrogen-bond donors (Lipinski definition) is 1. The monoisotopic (exact) mass is 319 g/mol. The number of aromatic nitrogens is 1. The maximum absolute atomic E-state index is 13.5. The molecule has 1 N–H and O–H groups in total. The van der Waals surface area contributed by atoms with E-state index in [0.717, 1.165) is 0 Å². The number of pyridine rings is 1. The molecule has 0 radical (unpaired) electrons. The van der Waals surface area contributed by atoms with E-state index < -0.39 is 5.97 Å². The van der Waals surface area contributed by atoms with Gasteiger partial charge in [-0.05, 0) is 31.0 Å². The second kappa shape index (κ2) is 8.12. The molecule has 0 saturated carbocycles. The summed E-state index contributed by atoms with van der Waals surface area (Å²) < 4.78 is 20.4. The third-order valence-corrected chi connectivity index (χ3v) is 3.37. The number of hydrogen-bond acceptors (Lipinski definition) is 3. The number of unbranched alkanes of at least 4 members (excludes halogenated alkanes) is 1. The maximum Gasteiger partial charge on any atom is 0.303 e. The molecule has 2 rings (SSSR count). The lowest BCUT2D eigenvalue weighted by atomic mass is 10.2. The number of rotatable bonds is 8. The molecule has 0 aliphatic rings. The van der Waals surface area contributed by atoms with E-state index in [2.05, 4.69) is 0 Å². The molecule has 0 unspecified atom stereocenters. The summed E-state index contributed by atoms with van der Waals surface area (Å²) in [5.74, 6) is -1.08. The lowest BCUT2D eigenvalue weighted by molar-refractivity contribution is -0.137. The van der Waals surface area contributed by atoms with Crippen LogP contribution in [0.5, 0.6) is 5.75 Å². The summed E-state index contributed by atoms with van der Waals surface area (Å²) in [6.07, 6.45) is 2.79. The maximum atomic E-state index is 13.5. The van der Waals surface area contributed by atoms with Gasteiger partial charge in [-0.1, -0.05) is 18.2 Å². The van der Waals surface area contributed by atoms with Crippen LogP contribution in [0.2, 0.25) is 0 Å². The fourth-order valence-electron chi connectivity index (χ4n) is 2.13. The van der Waals surface area contributed by atoms with Crippen LogP contribution in [0.15, 0.2) is 47.4 Å². The van der Waals surface area contributed by atoms with Crippen LogP contribution in [0.4, 0.5) is 4.39 Å². The van der Waals surface area contributed by atoms with Gasteiger partial charge in [0.1, 0.15) is 12.4 Å². The molecule has 122 valence electrons. The van der Waals surface area contributed by atoms with Crippen molar-refractivity contribution in [3.8, 4) is 5.75 Å². The van der Waals surface area contributed by atoms with Gasteiger partial charge in [-0.2, -0.15) is 0 Å². The second-order valence-electron chi connectivity index (χ2n) is 5.10. The number of benzene rings is 1. The number of carboxylic acid groups (broad SMARTS) is 1. The molecule has 0 fully saturated rings. The number of ether oxygens (including phenoxy) is 1. The molecule has 1 aromatic carbocycles. The van der Waals surface area contributed by atoms with Crippen LogP contribution < -0.4 is 10.3 Å². The average molecular weight is 319 g/mol. The van der Waals surface area contributed by atoms with E-state index in [1.54, 1.807) is 30.5 Å². The predicted molar refractivity (Wildman–Crippen MR) is 82.9 cm³/mol. The molecule has 2 aromatic rings. The number of carboxylic acids is 1. The summed E-state index contributed by atoms with van der Waals surface area (Å²) in [5, 5.41) is 8.59. The summed E-state index contributed by atoms with van der Waals surface area (Å²) >= 11 is 0. The van der Waals surface area contributed by atoms with E-state index in [0.29, 0.717) is 24.9 Å². The summed E-state index contributed by atoms with van der Waals surface area (Å²) in [6.45, 7) is 0.397. The van der Waals surface area contributed by atoms with Crippen LogP contribution in [0.1, 0.15) is 24.8 Å². The van der Waals surface area contributed by atoms with Crippen LogP contribution >= 0.6 is 0 Å². The smallest absolute Gasteiger partial charge is 0.303 e. The van der Waals surface area contributed by atoms with E-state index >= 15 is 0 Å². The third-order valence-electron chi connectivity index (χ3n) is 3.37. The largest absolute Gasteiger partial charge is 0.483 e. The summed E-state index contributed by atoms with van der Waals surface area (Å²) in [6, 6.07) is 9.44. The summed E-state index contributed by atoms with van der Waals surface area (Å²) in [5.41, 5.74) is 0.0722. The molecule has 1 heterocycles. The van der Waals surface area contributed by atoms with Gasteiger partial charge in [0, 0.05) is 24.7 Å². The van der Waals surface area contributed by atoms with E-state index in [1.165, 1.54) is 16.7 Å². The molecular weight excluding hydrogens is 301 g/mol. The van der Waals surface area contributed by atoms with Gasteiger partial charge >= 0.3 is 5.97 Å². The van der Waals surface area contributed by atoms with Crippen molar-refractivity contribution in [1.82, 2.24) is 4.57 Å². The molecule has 0 bridgehead atoms. The standard InChI is InChI=1S/C17H18FNO4/c18-14-7-2-1-6-13(14)12-23-15-8-5-11-19(17(15)22)10-4-3-9-16(20)21/h1-2,5-8,11H,3-4,9-10,12H2,(H,20,21). The fraction of sp³-hybridized carbons (Fsp3) is 0.294. The Morgan fingerprint density at radius 3 is 2.70 bits per heavy atom. The Hall–Kier alpha value is -2.63. The van der Waals surface area contributed by atoms with Crippen LogP contribution in [-0.4, -0.2) is 15.6 Å². The van der Waals surface area contributed by atoms with E-state index in [4.69, 9.17) is 9.84 Å². The normalized spacial score (nSPS) is 10.5. The topological polar surface area (TPSA) is 68.5 Å². The van der Waals surface area contributed by atoms with Gasteiger partial charge in [-0.3, -0.25) is 9.59 Å². The Morgan fingerprint density at radius 1 is 1.17 bits per heavy atom. The zero-order valence-electron chi connectivity index (χ0n) is 12.6. The minimum atomic E-state index is -0.848. The minimum absolute atomic E-state index is 0.0229. The van der Waals surface area contributed by atoms with Crippen LogP contribution in [0, 0.1) is 5.82 Å². The van der Waals surface area contributed by atoms with Gasteiger partial charge < -0.3 is 14.4 Å². The number of halogens is 1. The van der Waals surface area contributed by atoms with Gasteiger partial charge in [0.05, 0.1) is 0 Å². The number of aryl methyl sites for hydroxylation is 1. The fourth-order valence-corrected chi connectivity index (χ4v) is 2.13. The Kier molecular flexibility index (Phi) is 5.91. The third kappa shape index (κ3) is 4.95. The Morgan fingerprint density at radius 2 is 1.96 bits per heavy atom. The molecule has 0 saturated heterocycles. The zero-order chi connectivity index (χ0) is 16.7. The molecule has 23 heavy (non-hydrogen) atoms. The van der Waals surface area contributed by atoms with Crippen molar-refractivity contribution in [1.29, 1.82) is 0 Å². The molecule has 0 amide bonds. The van der Waals surface area contributed by atoms with Crippen LogP contribution in [0.3, 0.4) is 0 Å². The van der Waals surface area contributed by atoms with E-state index in [1.807, 2.05) is 0 Å². The van der Waals surface area contributed by atoms with Crippen molar-refractivity contribution in [3.05, 3.63) is 64.3 Å². The van der Waals surface area contributed by atoms with Gasteiger partial charge in [0.25, 0.3) is 5.56 Å². The highest BCUT2D eigenvalue weighted by atomic mass is 19.1. The van der Waals surface area contributed by atoms with Crippen LogP contribution in [-0.2, 0) is 17.9 Å². The molecule has 0 atom stereocenters. The Balaban J connectivity index is 1.98. The highest BCUT2D eigenvalue weighted by Crippen LogP contribution is 2.11. The van der Waals surface area contributed by atoms with Crippen molar-refractivity contribution in [2.45, 2.75) is 32.4 Å². The predicted octanol–water partition coefficient (Wildman–Crippen LogP) is 2.82. The molecule has 0 aliphatic carbocycles. The Labute approximate surface area is 133 Å². The first-order valence-electron chi connectivity index (χ1n) is 7.35. The summed E-state index contributed by atoms with van der Waals surface area (Å²) in [4.78, 5) is 22.7. The van der Waals surface area contributed by atoms with Crippen molar-refractivity contribution in [2.24, 2.45) is 0 Å². The first kappa shape index (κ1) is 16.7. The Bertz CT molecular complexity index is 727. The number of carbonyl (C=O) groups is 1.